The second kappa shape index (κ2) is 85.5. The summed E-state index contributed by atoms with van der Waals surface area (Å²) in [4.78, 5) is 75.6. The SMILES string of the molecule is C.C.CCCCCCCCCCCCCC(=O)OC[C@H](COP(=O)([O-])OCC1COC(C)(C)O1)OC(=O)CCCCCCCCCCCCC.CCCCCCCCCCCCCCCC1OCC(COP(=O)([O-])OC[C@@H](COC(=O)CCCCCCCCCCCCC)OC(=O)CCCCCCCCCCCCC)O1.[Na+].[Na+]. The van der Waals surface area contributed by atoms with Crippen LogP contribution in [0.3, 0.4) is 0 Å². The molecule has 0 aromatic rings. The van der Waals surface area contributed by atoms with Crippen LogP contribution in [0.15, 0.2) is 0 Å². The van der Waals surface area contributed by atoms with Crippen LogP contribution in [0.4, 0.5) is 0 Å². The Morgan fingerprint density at radius 1 is 0.345 bits per heavy atom. The summed E-state index contributed by atoms with van der Waals surface area (Å²) in [7, 11) is -9.51. The largest absolute Gasteiger partial charge is 1.00 e. The first-order chi connectivity index (χ1) is 52.9. The van der Waals surface area contributed by atoms with Gasteiger partial charge in [0.25, 0.3) is 15.6 Å². The molecule has 662 valence electrons. The summed E-state index contributed by atoms with van der Waals surface area (Å²) in [5, 5.41) is 0. The van der Waals surface area contributed by atoms with Crippen molar-refractivity contribution in [1.29, 1.82) is 0 Å². The van der Waals surface area contributed by atoms with Crippen molar-refractivity contribution in [2.75, 3.05) is 52.9 Å². The summed E-state index contributed by atoms with van der Waals surface area (Å²) >= 11 is 0. The molecule has 20 nitrogen and oxygen atoms in total. The van der Waals surface area contributed by atoms with Gasteiger partial charge >= 0.3 is 83.0 Å². The molecule has 0 N–H and O–H groups in total. The Balaban J connectivity index is -0.00000104. The van der Waals surface area contributed by atoms with Crippen LogP contribution >= 0.6 is 15.6 Å². The Morgan fingerprint density at radius 2 is 0.593 bits per heavy atom. The second-order valence-corrected chi connectivity index (χ2v) is 34.6. The summed E-state index contributed by atoms with van der Waals surface area (Å²) in [5.74, 6) is -2.54. The molecule has 113 heavy (non-hydrogen) atoms. The minimum atomic E-state index is -4.77. The molecule has 0 spiro atoms. The van der Waals surface area contributed by atoms with Crippen molar-refractivity contribution < 1.29 is 153 Å². The number of unbranched alkanes of at least 4 members (excludes halogenated alkanes) is 52. The molecule has 0 saturated carbocycles. The Bertz CT molecular complexity index is 2190. The van der Waals surface area contributed by atoms with Gasteiger partial charge in [-0.25, -0.2) is 0 Å². The van der Waals surface area contributed by atoms with Gasteiger partial charge in [-0.05, 0) is 52.4 Å². The van der Waals surface area contributed by atoms with Crippen LogP contribution in [0.1, 0.15) is 461 Å². The van der Waals surface area contributed by atoms with Gasteiger partial charge in [0.1, 0.15) is 25.4 Å². The minimum absolute atomic E-state index is 0. The molecule has 0 bridgehead atoms. The molecule has 2 fully saturated rings. The fourth-order valence-electron chi connectivity index (χ4n) is 13.7. The van der Waals surface area contributed by atoms with Gasteiger partial charge in [0.05, 0.1) is 39.6 Å². The Hall–Kier alpha value is -0.0600. The van der Waals surface area contributed by atoms with Crippen molar-refractivity contribution in [3.8, 4) is 0 Å². The maximum absolute atomic E-state index is 12.8. The van der Waals surface area contributed by atoms with Gasteiger partial charge in [0, 0.05) is 25.7 Å². The number of phosphoric ester groups is 2. The molecule has 0 amide bonds. The summed E-state index contributed by atoms with van der Waals surface area (Å²) < 4.78 is 90.1. The maximum atomic E-state index is 12.8. The number of hydrogen-bond donors (Lipinski definition) is 0. The summed E-state index contributed by atoms with van der Waals surface area (Å²) in [6, 6.07) is 0. The van der Waals surface area contributed by atoms with Gasteiger partial charge in [-0.1, -0.05) is 383 Å². The predicted molar refractivity (Wildman–Crippen MR) is 448 cm³/mol. The molecule has 2 aliphatic rings. The molecule has 2 heterocycles. The number of phosphoric acid groups is 2. The molecular weight excluding hydrogens is 1500 g/mol. The van der Waals surface area contributed by atoms with Gasteiger partial charge in [0.15, 0.2) is 24.3 Å². The van der Waals surface area contributed by atoms with Crippen LogP contribution in [-0.2, 0) is 84.3 Å². The van der Waals surface area contributed by atoms with Gasteiger partial charge in [0.2, 0.25) is 0 Å². The summed E-state index contributed by atoms with van der Waals surface area (Å²) in [6.07, 6.45) is 66.6. The van der Waals surface area contributed by atoms with Crippen molar-refractivity contribution in [1.82, 2.24) is 0 Å². The van der Waals surface area contributed by atoms with E-state index in [1.807, 2.05) is 0 Å². The number of rotatable bonds is 80. The van der Waals surface area contributed by atoms with Gasteiger partial charge in [-0.3, -0.25) is 28.3 Å². The zero-order chi connectivity index (χ0) is 79.7. The van der Waals surface area contributed by atoms with Gasteiger partial charge < -0.3 is 65.8 Å². The van der Waals surface area contributed by atoms with Crippen molar-refractivity contribution in [2.45, 2.75) is 498 Å². The molecule has 7 atom stereocenters. The number of ether oxygens (including phenoxy) is 8. The third-order valence-corrected chi connectivity index (χ3v) is 22.4. The van der Waals surface area contributed by atoms with E-state index in [1.165, 1.54) is 263 Å². The van der Waals surface area contributed by atoms with Crippen molar-refractivity contribution in [3.05, 3.63) is 0 Å². The van der Waals surface area contributed by atoms with E-state index in [0.29, 0.717) is 12.8 Å². The Labute approximate surface area is 737 Å². The molecule has 5 unspecified atom stereocenters. The molecule has 24 heteroatoms. The Morgan fingerprint density at radius 3 is 0.858 bits per heavy atom. The zero-order valence-corrected chi connectivity index (χ0v) is 78.7. The van der Waals surface area contributed by atoms with Gasteiger partial charge in [-0.15, -0.1) is 0 Å². The third kappa shape index (κ3) is 81.4. The van der Waals surface area contributed by atoms with E-state index in [9.17, 15) is 38.1 Å². The molecule has 2 aliphatic heterocycles. The van der Waals surface area contributed by atoms with Crippen molar-refractivity contribution in [3.63, 3.8) is 0 Å². The third-order valence-electron chi connectivity index (χ3n) is 20.5. The van der Waals surface area contributed by atoms with Crippen LogP contribution in [0, 0.1) is 0 Å². The normalized spacial score (nSPS) is 16.6. The van der Waals surface area contributed by atoms with Crippen LogP contribution in [0.2, 0.25) is 0 Å². The first-order valence-corrected chi connectivity index (χ1v) is 48.3. The first-order valence-electron chi connectivity index (χ1n) is 45.3. The van der Waals surface area contributed by atoms with Crippen LogP contribution in [0.5, 0.6) is 0 Å². The van der Waals surface area contributed by atoms with E-state index in [-0.39, 0.29) is 146 Å². The Kier molecular flexibility index (Phi) is 90.2. The number of esters is 4. The zero-order valence-electron chi connectivity index (χ0n) is 72.9. The molecular formula is C89H174Na2O20P2. The average Bonchev–Trinajstić information content (AvgIpc) is 1.82. The quantitative estimate of drug-likeness (QED) is 0.0180. The maximum Gasteiger partial charge on any atom is 1.00 e. The first kappa shape index (κ1) is 119. The topological polar surface area (TPSA) is 259 Å². The van der Waals surface area contributed by atoms with Crippen LogP contribution in [0.25, 0.3) is 0 Å². The van der Waals surface area contributed by atoms with E-state index in [1.54, 1.807) is 13.8 Å². The van der Waals surface area contributed by atoms with E-state index < -0.39 is 82.9 Å². The molecule has 2 saturated heterocycles. The van der Waals surface area contributed by atoms with E-state index in [0.717, 1.165) is 96.3 Å². The monoisotopic (exact) mass is 1670 g/mol. The van der Waals surface area contributed by atoms with Crippen LogP contribution < -0.4 is 68.9 Å². The van der Waals surface area contributed by atoms with E-state index >= 15 is 0 Å². The second-order valence-electron chi connectivity index (χ2n) is 31.8. The standard InChI is InChI=1S/C50H97O10P.C37H71O10P.2CH4.2Na/c1-4-7-10-13-16-19-22-23-26-29-32-35-38-41-50-56-43-47(60-50)45-58-61(53,54)57-44-46(59-49(52)40-37-34-31-28-25-21-18-15-12-9-6-3)42-55-48(51)39-36-33-30-27-24-20-17-14-11-8-5-2;1-5-7-9-11-13-15-17-19-21-23-25-27-35(38)42-29-33(31-44-48(40,41)45-32-34-30-43-37(3,4)47-34)46-36(39)28-26-24-22-20-18-16-14-12-10-8-6-2;;;;/h46-47,50H,4-45H2,1-3H3,(H,53,54);33-34H,5-32H2,1-4H3,(H,40,41);2*1H4;;/q;;;;2*+1/p-2/t46-,47?,50?;33-,34?;;;;/m11..../s1. The number of carbonyl (C=O) groups excluding carboxylic acids is 4. The predicted octanol–water partition coefficient (Wildman–Crippen LogP) is 19.3. The fourth-order valence-corrected chi connectivity index (χ4v) is 15.2. The fraction of sp³-hybridized carbons (Fsp3) is 0.955. The smallest absolute Gasteiger partial charge is 0.756 e. The summed E-state index contributed by atoms with van der Waals surface area (Å²) in [6.45, 7) is 13.0. The van der Waals surface area contributed by atoms with Crippen molar-refractivity contribution >= 4 is 39.5 Å². The molecule has 0 aliphatic carbocycles. The number of carbonyl (C=O) groups is 4. The molecule has 0 aromatic heterocycles. The minimum Gasteiger partial charge on any atom is -0.756 e. The summed E-state index contributed by atoms with van der Waals surface area (Å²) in [5.41, 5.74) is 0. The van der Waals surface area contributed by atoms with E-state index in [2.05, 4.69) is 34.6 Å². The van der Waals surface area contributed by atoms with Crippen molar-refractivity contribution in [2.24, 2.45) is 0 Å². The van der Waals surface area contributed by atoms with Gasteiger partial charge in [-0.2, -0.15) is 0 Å². The molecule has 0 aromatic carbocycles. The molecule has 0 radical (unpaired) electrons. The van der Waals surface area contributed by atoms with E-state index in [4.69, 9.17) is 56.0 Å². The van der Waals surface area contributed by atoms with Crippen LogP contribution in [-0.4, -0.2) is 113 Å². The average molecular weight is 1670 g/mol. The molecule has 2 rings (SSSR count). The number of hydrogen-bond acceptors (Lipinski definition) is 20.